The largest absolute Gasteiger partial charge is 0.348 e. The van der Waals surface area contributed by atoms with Crippen molar-refractivity contribution in [1.82, 2.24) is 14.9 Å². The van der Waals surface area contributed by atoms with Crippen molar-refractivity contribution in [1.29, 1.82) is 0 Å². The zero-order chi connectivity index (χ0) is 27.2. The van der Waals surface area contributed by atoms with Crippen molar-refractivity contribution in [3.63, 3.8) is 0 Å². The number of pyridine rings is 2. The zero-order valence-electron chi connectivity index (χ0n) is 19.5. The molecule has 2 aromatic carbocycles. The molecule has 0 atom stereocenters. The van der Waals surface area contributed by atoms with Gasteiger partial charge in [-0.2, -0.15) is 0 Å². The number of aromatic nitrogens is 2. The van der Waals surface area contributed by atoms with Crippen LogP contribution in [0.3, 0.4) is 0 Å². The van der Waals surface area contributed by atoms with E-state index in [1.54, 1.807) is 18.2 Å². The number of hydrogen-bond donors (Lipinski definition) is 3. The smallest absolute Gasteiger partial charge is 0.257 e. The van der Waals surface area contributed by atoms with Crippen LogP contribution in [0.2, 0.25) is 10.0 Å². The molecule has 8 nitrogen and oxygen atoms in total. The maximum absolute atomic E-state index is 14.9. The van der Waals surface area contributed by atoms with Crippen LogP contribution in [0.4, 0.5) is 14.6 Å². The van der Waals surface area contributed by atoms with Crippen molar-refractivity contribution in [2.75, 3.05) is 16.6 Å². The number of halogens is 4. The number of carbonyl (C=O) groups is 1. The summed E-state index contributed by atoms with van der Waals surface area (Å²) in [4.78, 5) is 30.9. The third kappa shape index (κ3) is 4.83. The lowest BCUT2D eigenvalue weighted by Gasteiger charge is -2.37. The Morgan fingerprint density at radius 3 is 2.50 bits per heavy atom. The van der Waals surface area contributed by atoms with E-state index in [1.165, 1.54) is 16.4 Å². The highest BCUT2D eigenvalue weighted by Crippen LogP contribution is 2.50. The van der Waals surface area contributed by atoms with Gasteiger partial charge in [0.25, 0.3) is 5.91 Å². The predicted molar refractivity (Wildman–Crippen MR) is 145 cm³/mol. The van der Waals surface area contributed by atoms with Crippen molar-refractivity contribution in [2.45, 2.75) is 13.0 Å². The summed E-state index contributed by atoms with van der Waals surface area (Å²) in [5, 5.41) is 3.23. The van der Waals surface area contributed by atoms with Crippen molar-refractivity contribution >= 4 is 56.7 Å². The summed E-state index contributed by atoms with van der Waals surface area (Å²) in [5.74, 6) is -2.22. The second-order valence-electron chi connectivity index (χ2n) is 8.55. The van der Waals surface area contributed by atoms with Crippen molar-refractivity contribution in [2.24, 2.45) is 0 Å². The van der Waals surface area contributed by atoms with Crippen molar-refractivity contribution in [3.8, 4) is 5.69 Å². The first-order chi connectivity index (χ1) is 18.1. The number of rotatable bonds is 5. The topological polar surface area (TPSA) is 108 Å². The van der Waals surface area contributed by atoms with Crippen LogP contribution in [0.25, 0.3) is 16.7 Å². The summed E-state index contributed by atoms with van der Waals surface area (Å²) in [6, 6.07) is 10.5. The van der Waals surface area contributed by atoms with Crippen LogP contribution >= 0.6 is 34.0 Å². The molecule has 0 radical (unpaired) electrons. The number of amides is 1. The normalized spacial score (nSPS) is 15.6. The van der Waals surface area contributed by atoms with Crippen LogP contribution in [0.5, 0.6) is 0 Å². The molecule has 3 heterocycles. The highest BCUT2D eigenvalue weighted by molar-refractivity contribution is 8.25. The Labute approximate surface area is 226 Å². The SMILES string of the molecule is O=C(NCc1c(Cl)cccc1Cl)c1cn(-c2ccc(F)cc2F)c2nc(N3CCCS3(O)O)ccc2c1=O. The molecule has 3 N–H and O–H groups in total. The number of carbonyl (C=O) groups excluding carboxylic acids is 1. The third-order valence-corrected chi connectivity index (χ3v) is 8.75. The van der Waals surface area contributed by atoms with Crippen LogP contribution in [-0.4, -0.2) is 36.9 Å². The Morgan fingerprint density at radius 2 is 1.84 bits per heavy atom. The molecule has 4 aromatic rings. The molecule has 2 aromatic heterocycles. The van der Waals surface area contributed by atoms with Gasteiger partial charge in [0.1, 0.15) is 23.0 Å². The molecular formula is C25H20Cl2F2N4O4S. The summed E-state index contributed by atoms with van der Waals surface area (Å²) < 4.78 is 51.8. The lowest BCUT2D eigenvalue weighted by Crippen LogP contribution is -2.30. The number of benzene rings is 2. The van der Waals surface area contributed by atoms with Gasteiger partial charge in [-0.05, 0) is 42.8 Å². The van der Waals surface area contributed by atoms with Gasteiger partial charge in [0, 0.05) is 41.0 Å². The van der Waals surface area contributed by atoms with Gasteiger partial charge in [-0.15, -0.1) is 10.8 Å². The van der Waals surface area contributed by atoms with E-state index in [0.717, 1.165) is 22.9 Å². The van der Waals surface area contributed by atoms with E-state index in [4.69, 9.17) is 23.2 Å². The van der Waals surface area contributed by atoms with E-state index >= 15 is 0 Å². The first-order valence-corrected chi connectivity index (χ1v) is 13.8. The fourth-order valence-electron chi connectivity index (χ4n) is 4.24. The standard InChI is InChI=1S/C25H20Cl2F2N4O4S/c26-18-3-1-4-19(27)16(18)12-30-25(35)17-13-32(21-7-5-14(28)11-20(21)29)24-15(23(17)34)6-8-22(31-24)33-9-2-10-38(33,36)37/h1,3-8,11,13,36-37H,2,9-10,12H2,(H,30,35). The quantitative estimate of drug-likeness (QED) is 0.276. The lowest BCUT2D eigenvalue weighted by molar-refractivity contribution is 0.0949. The van der Waals surface area contributed by atoms with Crippen molar-refractivity contribution < 1.29 is 22.7 Å². The molecule has 1 aliphatic heterocycles. The molecule has 0 aliphatic carbocycles. The molecule has 0 bridgehead atoms. The molecule has 0 unspecified atom stereocenters. The van der Waals surface area contributed by atoms with E-state index in [9.17, 15) is 27.5 Å². The van der Waals surface area contributed by atoms with Crippen LogP contribution in [-0.2, 0) is 6.54 Å². The maximum atomic E-state index is 14.9. The monoisotopic (exact) mass is 580 g/mol. The number of nitrogens with zero attached hydrogens (tertiary/aromatic N) is 3. The second kappa shape index (κ2) is 10.2. The predicted octanol–water partition coefficient (Wildman–Crippen LogP) is 5.78. The maximum Gasteiger partial charge on any atom is 0.257 e. The first kappa shape index (κ1) is 26.4. The van der Waals surface area contributed by atoms with Gasteiger partial charge in [0.15, 0.2) is 5.65 Å². The molecular weight excluding hydrogens is 561 g/mol. The molecule has 38 heavy (non-hydrogen) atoms. The molecule has 1 fully saturated rings. The van der Waals surface area contributed by atoms with Crippen LogP contribution in [0.1, 0.15) is 22.3 Å². The molecule has 198 valence electrons. The van der Waals surface area contributed by atoms with Crippen LogP contribution in [0, 0.1) is 11.6 Å². The summed E-state index contributed by atoms with van der Waals surface area (Å²) in [7, 11) is -3.10. The Hall–Kier alpha value is -3.22. The minimum atomic E-state index is -3.10. The fraction of sp³-hybridized carbons (Fsp3) is 0.160. The first-order valence-electron chi connectivity index (χ1n) is 11.3. The molecule has 5 rings (SSSR count). The number of anilines is 1. The Bertz CT molecular complexity index is 1630. The van der Waals surface area contributed by atoms with E-state index in [-0.39, 0.29) is 40.4 Å². The Kier molecular flexibility index (Phi) is 7.05. The Balaban J connectivity index is 1.64. The van der Waals surface area contributed by atoms with E-state index in [1.807, 2.05) is 0 Å². The molecule has 1 amide bonds. The van der Waals surface area contributed by atoms with E-state index in [2.05, 4.69) is 10.3 Å². The molecule has 1 saturated heterocycles. The van der Waals surface area contributed by atoms with Gasteiger partial charge < -0.3 is 5.32 Å². The van der Waals surface area contributed by atoms with Crippen molar-refractivity contribution in [3.05, 3.63) is 97.8 Å². The van der Waals surface area contributed by atoms with Gasteiger partial charge in [-0.25, -0.2) is 13.8 Å². The highest BCUT2D eigenvalue weighted by atomic mass is 35.5. The number of fused-ring (bicyclic) bond motifs is 1. The molecule has 1 aliphatic rings. The van der Waals surface area contributed by atoms with E-state index in [0.29, 0.717) is 34.6 Å². The molecule has 0 spiro atoms. The second-order valence-corrected chi connectivity index (χ2v) is 11.5. The fourth-order valence-corrected chi connectivity index (χ4v) is 6.33. The zero-order valence-corrected chi connectivity index (χ0v) is 21.8. The Morgan fingerprint density at radius 1 is 1.11 bits per heavy atom. The molecule has 13 heteroatoms. The average Bonchev–Trinajstić information content (AvgIpc) is 3.23. The van der Waals surface area contributed by atoms with Gasteiger partial charge in [0.05, 0.1) is 16.8 Å². The number of nitrogens with one attached hydrogen (secondary N) is 1. The summed E-state index contributed by atoms with van der Waals surface area (Å²) in [6.45, 7) is 0.241. The van der Waals surface area contributed by atoms with Gasteiger partial charge in [-0.1, -0.05) is 29.3 Å². The summed E-state index contributed by atoms with van der Waals surface area (Å²) in [6.07, 6.45) is 1.64. The summed E-state index contributed by atoms with van der Waals surface area (Å²) >= 11 is 12.3. The minimum absolute atomic E-state index is 0.0309. The van der Waals surface area contributed by atoms with Crippen LogP contribution in [0.15, 0.2) is 59.5 Å². The van der Waals surface area contributed by atoms with Gasteiger partial charge in [-0.3, -0.25) is 27.6 Å². The average molecular weight is 581 g/mol. The van der Waals surface area contributed by atoms with Crippen LogP contribution < -0.4 is 15.1 Å². The van der Waals surface area contributed by atoms with Gasteiger partial charge in [0.2, 0.25) is 5.43 Å². The lowest BCUT2D eigenvalue weighted by atomic mass is 10.1. The highest BCUT2D eigenvalue weighted by Gasteiger charge is 2.31. The molecule has 0 saturated carbocycles. The van der Waals surface area contributed by atoms with Gasteiger partial charge >= 0.3 is 0 Å². The minimum Gasteiger partial charge on any atom is -0.348 e. The summed E-state index contributed by atoms with van der Waals surface area (Å²) in [5.41, 5.74) is -0.785. The number of hydrogen-bond acceptors (Lipinski definition) is 6. The van der Waals surface area contributed by atoms with E-state index < -0.39 is 33.7 Å². The third-order valence-electron chi connectivity index (χ3n) is 6.13.